The Bertz CT molecular complexity index is 797. The summed E-state index contributed by atoms with van der Waals surface area (Å²) in [6.07, 6.45) is 1.09. The second-order valence-electron chi connectivity index (χ2n) is 4.95. The number of esters is 1. The van der Waals surface area contributed by atoms with E-state index < -0.39 is 46.1 Å². The average molecular weight is 337 g/mol. The quantitative estimate of drug-likeness (QED) is 0.475. The van der Waals surface area contributed by atoms with Crippen molar-refractivity contribution in [2.75, 3.05) is 0 Å². The molecule has 0 unspecified atom stereocenters. The van der Waals surface area contributed by atoms with Crippen molar-refractivity contribution in [3.05, 3.63) is 64.2 Å². The third-order valence-corrected chi connectivity index (χ3v) is 3.18. The van der Waals surface area contributed by atoms with Gasteiger partial charge in [0, 0.05) is 12.1 Å². The van der Waals surface area contributed by atoms with Gasteiger partial charge in [0.2, 0.25) is 0 Å². The lowest BCUT2D eigenvalue weighted by atomic mass is 10.1. The van der Waals surface area contributed by atoms with Gasteiger partial charge in [0.05, 0.1) is 0 Å². The first-order valence-electron chi connectivity index (χ1n) is 6.96. The molecule has 0 saturated heterocycles. The second kappa shape index (κ2) is 7.13. The molecule has 0 aliphatic heterocycles. The van der Waals surface area contributed by atoms with E-state index in [9.17, 15) is 22.4 Å². The molecule has 0 aliphatic carbocycles. The number of carbonyl (C=O) groups excluding carboxylic acids is 1. The average Bonchev–Trinajstić information content (AvgIpc) is 2.46. The van der Waals surface area contributed by atoms with Gasteiger partial charge in [-0.15, -0.1) is 0 Å². The van der Waals surface area contributed by atoms with Crippen LogP contribution in [-0.2, 0) is 6.42 Å². The van der Waals surface area contributed by atoms with Gasteiger partial charge < -0.3 is 4.74 Å². The molecule has 0 radical (unpaired) electrons. The lowest BCUT2D eigenvalue weighted by Crippen LogP contribution is -2.14. The van der Waals surface area contributed by atoms with Crippen molar-refractivity contribution < 1.29 is 27.1 Å². The highest BCUT2D eigenvalue weighted by molar-refractivity contribution is 5.91. The molecule has 3 nitrogen and oxygen atoms in total. The summed E-state index contributed by atoms with van der Waals surface area (Å²) in [7, 11) is 0. The molecule has 0 saturated carbocycles. The van der Waals surface area contributed by atoms with Gasteiger partial charge in [0.25, 0.3) is 0 Å². The fourth-order valence-electron chi connectivity index (χ4n) is 2.13. The van der Waals surface area contributed by atoms with Gasteiger partial charge in [-0.25, -0.2) is 22.4 Å². The van der Waals surface area contributed by atoms with Crippen molar-refractivity contribution in [2.45, 2.75) is 19.8 Å². The molecule has 2 aromatic rings. The monoisotopic (exact) mass is 337 g/mol. The predicted molar refractivity (Wildman–Crippen MR) is 76.4 cm³/mol. The molecule has 0 fully saturated rings. The van der Waals surface area contributed by atoms with Crippen LogP contribution in [0.25, 0.3) is 0 Å². The standard InChI is InChI=1S/C17H11F4NO2/c1-2-3-9-4-14(20)16(15(21)5-9)17(23)24-10-6-12(18)11(8-22)13(19)7-10/h4-7H,2-3H2,1H3. The summed E-state index contributed by atoms with van der Waals surface area (Å²) in [6, 6.07) is 4.48. The van der Waals surface area contributed by atoms with E-state index in [0.717, 1.165) is 12.1 Å². The van der Waals surface area contributed by atoms with E-state index in [2.05, 4.69) is 4.74 Å². The highest BCUT2D eigenvalue weighted by atomic mass is 19.1. The molecule has 7 heteroatoms. The van der Waals surface area contributed by atoms with E-state index in [-0.39, 0.29) is 0 Å². The van der Waals surface area contributed by atoms with Gasteiger partial charge in [-0.3, -0.25) is 0 Å². The summed E-state index contributed by atoms with van der Waals surface area (Å²) in [6.45, 7) is 1.83. The fraction of sp³-hybridized carbons (Fsp3) is 0.176. The maximum Gasteiger partial charge on any atom is 0.349 e. The van der Waals surface area contributed by atoms with E-state index in [1.165, 1.54) is 6.07 Å². The SMILES string of the molecule is CCCc1cc(F)c(C(=O)Oc2cc(F)c(C#N)c(F)c2)c(F)c1. The van der Waals surface area contributed by atoms with Crippen LogP contribution in [0.4, 0.5) is 17.6 Å². The van der Waals surface area contributed by atoms with Crippen LogP contribution < -0.4 is 4.74 Å². The van der Waals surface area contributed by atoms with E-state index >= 15 is 0 Å². The molecule has 0 bridgehead atoms. The Morgan fingerprint density at radius 2 is 1.58 bits per heavy atom. The van der Waals surface area contributed by atoms with Crippen LogP contribution in [0, 0.1) is 34.6 Å². The topological polar surface area (TPSA) is 50.1 Å². The van der Waals surface area contributed by atoms with E-state index in [1.807, 2.05) is 6.92 Å². The van der Waals surface area contributed by atoms with Crippen molar-refractivity contribution in [3.63, 3.8) is 0 Å². The Hall–Kier alpha value is -2.88. The molecule has 2 aromatic carbocycles. The zero-order chi connectivity index (χ0) is 17.9. The second-order valence-corrected chi connectivity index (χ2v) is 4.95. The minimum Gasteiger partial charge on any atom is -0.423 e. The number of ether oxygens (including phenoxy) is 1. The first kappa shape index (κ1) is 17.5. The molecule has 0 spiro atoms. The highest BCUT2D eigenvalue weighted by Gasteiger charge is 2.22. The van der Waals surface area contributed by atoms with Gasteiger partial charge in [-0.1, -0.05) is 13.3 Å². The number of carbonyl (C=O) groups is 1. The largest absolute Gasteiger partial charge is 0.423 e. The number of benzene rings is 2. The smallest absolute Gasteiger partial charge is 0.349 e. The maximum absolute atomic E-state index is 13.9. The van der Waals surface area contributed by atoms with Crippen molar-refractivity contribution in [2.24, 2.45) is 0 Å². The van der Waals surface area contributed by atoms with Crippen LogP contribution in [0.15, 0.2) is 24.3 Å². The fourth-order valence-corrected chi connectivity index (χ4v) is 2.13. The van der Waals surface area contributed by atoms with Gasteiger partial charge in [0.1, 0.15) is 46.2 Å². The predicted octanol–water partition coefficient (Wildman–Crippen LogP) is 4.29. The van der Waals surface area contributed by atoms with Crippen molar-refractivity contribution in [1.82, 2.24) is 0 Å². The van der Waals surface area contributed by atoms with Crippen LogP contribution in [0.5, 0.6) is 5.75 Å². The Balaban J connectivity index is 2.33. The number of hydrogen-bond donors (Lipinski definition) is 0. The molecular formula is C17H11F4NO2. The number of nitrogens with zero attached hydrogens (tertiary/aromatic N) is 1. The molecule has 0 atom stereocenters. The van der Waals surface area contributed by atoms with Gasteiger partial charge >= 0.3 is 5.97 Å². The molecule has 24 heavy (non-hydrogen) atoms. The lowest BCUT2D eigenvalue weighted by Gasteiger charge is -2.09. The molecular weight excluding hydrogens is 326 g/mol. The van der Waals surface area contributed by atoms with E-state index in [0.29, 0.717) is 30.5 Å². The zero-order valence-corrected chi connectivity index (χ0v) is 12.5. The zero-order valence-electron chi connectivity index (χ0n) is 12.5. The molecule has 0 heterocycles. The summed E-state index contributed by atoms with van der Waals surface area (Å²) in [5.41, 5.74) is -1.43. The summed E-state index contributed by atoms with van der Waals surface area (Å²) in [5, 5.41) is 8.56. The number of rotatable bonds is 4. The minimum atomic E-state index is -1.43. The van der Waals surface area contributed by atoms with Crippen LogP contribution >= 0.6 is 0 Å². The summed E-state index contributed by atoms with van der Waals surface area (Å²) in [5.74, 6) is -6.79. The summed E-state index contributed by atoms with van der Waals surface area (Å²) in [4.78, 5) is 11.9. The van der Waals surface area contributed by atoms with E-state index in [4.69, 9.17) is 5.26 Å². The van der Waals surface area contributed by atoms with Crippen LogP contribution in [0.2, 0.25) is 0 Å². The molecule has 0 aliphatic rings. The van der Waals surface area contributed by atoms with Crippen LogP contribution in [0.3, 0.4) is 0 Å². The Kier molecular flexibility index (Phi) is 5.19. The van der Waals surface area contributed by atoms with Gasteiger partial charge in [-0.05, 0) is 24.1 Å². The molecule has 0 amide bonds. The van der Waals surface area contributed by atoms with Gasteiger partial charge in [-0.2, -0.15) is 5.26 Å². The third kappa shape index (κ3) is 3.54. The normalized spacial score (nSPS) is 10.3. The maximum atomic E-state index is 13.9. The highest BCUT2D eigenvalue weighted by Crippen LogP contribution is 2.23. The lowest BCUT2D eigenvalue weighted by molar-refractivity contribution is 0.0723. The Labute approximate surface area is 135 Å². The van der Waals surface area contributed by atoms with Crippen molar-refractivity contribution in [1.29, 1.82) is 5.26 Å². The Morgan fingerprint density at radius 3 is 2.04 bits per heavy atom. The number of aryl methyl sites for hydroxylation is 1. The first-order valence-corrected chi connectivity index (χ1v) is 6.96. The van der Waals surface area contributed by atoms with Crippen LogP contribution in [-0.4, -0.2) is 5.97 Å². The molecule has 0 aromatic heterocycles. The minimum absolute atomic E-state index is 0.375. The number of hydrogen-bond acceptors (Lipinski definition) is 3. The summed E-state index contributed by atoms with van der Waals surface area (Å²) < 4.78 is 59.4. The molecule has 2 rings (SSSR count). The molecule has 124 valence electrons. The number of halogens is 4. The van der Waals surface area contributed by atoms with E-state index in [1.54, 1.807) is 0 Å². The third-order valence-electron chi connectivity index (χ3n) is 3.18. The molecule has 0 N–H and O–H groups in total. The van der Waals surface area contributed by atoms with Crippen LogP contribution in [0.1, 0.15) is 34.8 Å². The van der Waals surface area contributed by atoms with Gasteiger partial charge in [0.15, 0.2) is 0 Å². The first-order chi connectivity index (χ1) is 11.4. The van der Waals surface area contributed by atoms with Crippen molar-refractivity contribution in [3.8, 4) is 11.8 Å². The Morgan fingerprint density at radius 1 is 1.04 bits per heavy atom. The number of nitriles is 1. The van der Waals surface area contributed by atoms with Crippen molar-refractivity contribution >= 4 is 5.97 Å². The summed E-state index contributed by atoms with van der Waals surface area (Å²) >= 11 is 0.